The number of carbonyl (C=O) groups excluding carboxylic acids is 1. The van der Waals surface area contributed by atoms with E-state index in [4.69, 9.17) is 5.11 Å². The minimum absolute atomic E-state index is 0.0406. The first-order valence-corrected chi connectivity index (χ1v) is 8.01. The van der Waals surface area contributed by atoms with Crippen LogP contribution in [-0.4, -0.2) is 47.0 Å². The second kappa shape index (κ2) is 6.13. The smallest absolute Gasteiger partial charge is 0.320 e. The maximum atomic E-state index is 12.2. The molecule has 0 radical (unpaired) electrons. The van der Waals surface area contributed by atoms with E-state index in [1.807, 2.05) is 11.4 Å². The van der Waals surface area contributed by atoms with Crippen molar-refractivity contribution < 1.29 is 14.7 Å². The van der Waals surface area contributed by atoms with E-state index in [2.05, 4.69) is 15.9 Å². The van der Waals surface area contributed by atoms with Gasteiger partial charge in [-0.05, 0) is 32.9 Å². The fraction of sp³-hybridized carbons (Fsp3) is 0.538. The molecule has 1 saturated heterocycles. The zero-order valence-corrected chi connectivity index (χ0v) is 13.8. The Labute approximate surface area is 130 Å². The normalized spacial score (nSPS) is 16.6. The largest absolute Gasteiger partial charge is 0.481 e. The van der Waals surface area contributed by atoms with E-state index in [1.54, 1.807) is 35.1 Å². The van der Waals surface area contributed by atoms with E-state index in [-0.39, 0.29) is 11.9 Å². The summed E-state index contributed by atoms with van der Waals surface area (Å²) >= 11 is 4.99. The fourth-order valence-electron chi connectivity index (χ4n) is 2.20. The minimum Gasteiger partial charge on any atom is -0.481 e. The van der Waals surface area contributed by atoms with Crippen molar-refractivity contribution in [2.45, 2.75) is 13.5 Å². The van der Waals surface area contributed by atoms with Gasteiger partial charge in [0.1, 0.15) is 0 Å². The molecule has 7 heteroatoms. The first-order valence-electron chi connectivity index (χ1n) is 6.34. The average molecular weight is 361 g/mol. The van der Waals surface area contributed by atoms with Gasteiger partial charge in [-0.1, -0.05) is 6.92 Å². The van der Waals surface area contributed by atoms with Crippen LogP contribution in [0.25, 0.3) is 0 Å². The van der Waals surface area contributed by atoms with Crippen LogP contribution in [0.1, 0.15) is 12.5 Å². The van der Waals surface area contributed by atoms with E-state index >= 15 is 0 Å². The lowest BCUT2D eigenvalue weighted by atomic mass is 9.87. The molecule has 1 fully saturated rings. The molecular formula is C13H17BrN2O3S. The zero-order valence-electron chi connectivity index (χ0n) is 11.4. The van der Waals surface area contributed by atoms with Crippen molar-refractivity contribution in [3.8, 4) is 0 Å². The Morgan fingerprint density at radius 1 is 1.60 bits per heavy atom. The third kappa shape index (κ3) is 3.32. The van der Waals surface area contributed by atoms with Crippen LogP contribution in [0.15, 0.2) is 15.2 Å². The van der Waals surface area contributed by atoms with Crippen molar-refractivity contribution in [1.29, 1.82) is 0 Å². The van der Waals surface area contributed by atoms with E-state index in [0.717, 1.165) is 9.35 Å². The molecule has 2 amide bonds. The SMILES string of the molecule is CC(C(=O)O)C1CN(C(=O)N(C)Cc2csc(Br)c2)C1. The molecule has 2 rings (SSSR count). The predicted molar refractivity (Wildman–Crippen MR) is 80.7 cm³/mol. The second-order valence-corrected chi connectivity index (χ2v) is 7.48. The van der Waals surface area contributed by atoms with E-state index in [9.17, 15) is 9.59 Å². The quantitative estimate of drug-likeness (QED) is 0.897. The number of aliphatic carboxylic acids is 1. The predicted octanol–water partition coefficient (Wildman–Crippen LogP) is 2.71. The molecule has 1 atom stereocenters. The second-order valence-electron chi connectivity index (χ2n) is 5.19. The molecule has 5 nitrogen and oxygen atoms in total. The number of urea groups is 1. The van der Waals surface area contributed by atoms with Crippen LogP contribution >= 0.6 is 27.3 Å². The molecule has 1 unspecified atom stereocenters. The van der Waals surface area contributed by atoms with E-state index < -0.39 is 11.9 Å². The average Bonchev–Trinajstić information content (AvgIpc) is 2.72. The first kappa shape index (κ1) is 15.3. The summed E-state index contributed by atoms with van der Waals surface area (Å²) in [5.41, 5.74) is 1.09. The molecule has 0 aromatic carbocycles. The van der Waals surface area contributed by atoms with Gasteiger partial charge < -0.3 is 14.9 Å². The monoisotopic (exact) mass is 360 g/mol. The van der Waals surface area contributed by atoms with Crippen molar-refractivity contribution in [2.75, 3.05) is 20.1 Å². The summed E-state index contributed by atoms with van der Waals surface area (Å²) in [6.45, 7) is 3.33. The number of thiophene rings is 1. The number of nitrogens with zero attached hydrogens (tertiary/aromatic N) is 2. The van der Waals surface area contributed by atoms with Gasteiger partial charge >= 0.3 is 12.0 Å². The number of halogens is 1. The molecule has 1 aromatic rings. The lowest BCUT2D eigenvalue weighted by Gasteiger charge is -2.42. The Bertz CT molecular complexity index is 513. The van der Waals surface area contributed by atoms with Crippen LogP contribution in [0, 0.1) is 11.8 Å². The van der Waals surface area contributed by atoms with Gasteiger partial charge in [0.25, 0.3) is 0 Å². The van der Waals surface area contributed by atoms with Crippen LogP contribution in [0.2, 0.25) is 0 Å². The van der Waals surface area contributed by atoms with Crippen molar-refractivity contribution >= 4 is 39.3 Å². The van der Waals surface area contributed by atoms with E-state index in [0.29, 0.717) is 19.6 Å². The molecule has 0 aliphatic carbocycles. The molecule has 20 heavy (non-hydrogen) atoms. The van der Waals surface area contributed by atoms with Gasteiger partial charge in [0.15, 0.2) is 0 Å². The third-order valence-corrected chi connectivity index (χ3v) is 5.20. The Kier molecular flexibility index (Phi) is 4.70. The molecular weight excluding hydrogens is 344 g/mol. The lowest BCUT2D eigenvalue weighted by Crippen LogP contribution is -2.56. The number of hydrogen-bond acceptors (Lipinski definition) is 3. The van der Waals surface area contributed by atoms with Gasteiger partial charge in [-0.3, -0.25) is 4.79 Å². The standard InChI is InChI=1S/C13H17BrN2O3S/c1-8(12(17)18)10-5-16(6-10)13(19)15(2)4-9-3-11(14)20-7-9/h3,7-8,10H,4-6H2,1-2H3,(H,17,18). The molecule has 2 heterocycles. The number of carbonyl (C=O) groups is 2. The first-order chi connectivity index (χ1) is 9.38. The summed E-state index contributed by atoms with van der Waals surface area (Å²) in [6.07, 6.45) is 0. The number of rotatable bonds is 4. The van der Waals surface area contributed by atoms with Gasteiger partial charge in [0, 0.05) is 32.6 Å². The summed E-state index contributed by atoms with van der Waals surface area (Å²) in [5, 5.41) is 10.9. The van der Waals surface area contributed by atoms with Crippen LogP contribution in [0.3, 0.4) is 0 Å². The Morgan fingerprint density at radius 3 is 2.75 bits per heavy atom. The molecule has 1 aliphatic rings. The minimum atomic E-state index is -0.793. The molecule has 1 N–H and O–H groups in total. The van der Waals surface area contributed by atoms with Gasteiger partial charge in [0.05, 0.1) is 9.70 Å². The van der Waals surface area contributed by atoms with E-state index in [1.165, 1.54) is 0 Å². The topological polar surface area (TPSA) is 60.9 Å². The number of amides is 2. The maximum Gasteiger partial charge on any atom is 0.320 e. The maximum absolute atomic E-state index is 12.2. The molecule has 1 aromatic heterocycles. The van der Waals surface area contributed by atoms with Gasteiger partial charge in [-0.25, -0.2) is 4.79 Å². The number of hydrogen-bond donors (Lipinski definition) is 1. The van der Waals surface area contributed by atoms with Crippen molar-refractivity contribution in [3.63, 3.8) is 0 Å². The number of carboxylic acids is 1. The highest BCUT2D eigenvalue weighted by molar-refractivity contribution is 9.11. The summed E-state index contributed by atoms with van der Waals surface area (Å²) in [6, 6.07) is 1.96. The van der Waals surface area contributed by atoms with Crippen molar-refractivity contribution in [1.82, 2.24) is 9.80 Å². The lowest BCUT2D eigenvalue weighted by molar-refractivity contribution is -0.144. The van der Waals surface area contributed by atoms with Crippen LogP contribution in [-0.2, 0) is 11.3 Å². The van der Waals surface area contributed by atoms with Crippen LogP contribution < -0.4 is 0 Å². The molecule has 110 valence electrons. The molecule has 0 saturated carbocycles. The highest BCUT2D eigenvalue weighted by Crippen LogP contribution is 2.26. The Morgan fingerprint density at radius 2 is 2.25 bits per heavy atom. The summed E-state index contributed by atoms with van der Waals surface area (Å²) in [5.74, 6) is -1.11. The highest BCUT2D eigenvalue weighted by atomic mass is 79.9. The van der Waals surface area contributed by atoms with Gasteiger partial charge in [-0.15, -0.1) is 11.3 Å². The number of carboxylic acid groups (broad SMARTS) is 1. The molecule has 0 spiro atoms. The summed E-state index contributed by atoms with van der Waals surface area (Å²) in [7, 11) is 1.77. The third-order valence-electron chi connectivity index (χ3n) is 3.64. The fourth-order valence-corrected chi connectivity index (χ4v) is 3.40. The highest BCUT2D eigenvalue weighted by Gasteiger charge is 2.38. The Hall–Kier alpha value is -1.08. The Balaban J connectivity index is 1.82. The van der Waals surface area contributed by atoms with Crippen molar-refractivity contribution in [2.24, 2.45) is 11.8 Å². The number of likely N-dealkylation sites (tertiary alicyclic amines) is 1. The van der Waals surface area contributed by atoms with Crippen LogP contribution in [0.5, 0.6) is 0 Å². The van der Waals surface area contributed by atoms with Gasteiger partial charge in [-0.2, -0.15) is 0 Å². The summed E-state index contributed by atoms with van der Waals surface area (Å²) < 4.78 is 1.05. The molecule has 0 bridgehead atoms. The summed E-state index contributed by atoms with van der Waals surface area (Å²) in [4.78, 5) is 26.4. The van der Waals surface area contributed by atoms with Crippen molar-refractivity contribution in [3.05, 3.63) is 20.8 Å². The van der Waals surface area contributed by atoms with Crippen LogP contribution in [0.4, 0.5) is 4.79 Å². The van der Waals surface area contributed by atoms with Gasteiger partial charge in [0.2, 0.25) is 0 Å². The molecule has 1 aliphatic heterocycles. The zero-order chi connectivity index (χ0) is 14.9.